The van der Waals surface area contributed by atoms with Gasteiger partial charge in [-0.05, 0) is 45.0 Å². The van der Waals surface area contributed by atoms with Gasteiger partial charge in [0.1, 0.15) is 5.84 Å². The topological polar surface area (TPSA) is 87.1 Å². The van der Waals surface area contributed by atoms with Gasteiger partial charge in [-0.2, -0.15) is 12.7 Å². The van der Waals surface area contributed by atoms with E-state index in [4.69, 9.17) is 11.6 Å². The van der Waals surface area contributed by atoms with E-state index in [9.17, 15) is 16.8 Å². The Bertz CT molecular complexity index is 1150. The van der Waals surface area contributed by atoms with Gasteiger partial charge in [0.05, 0.1) is 22.3 Å². The Balaban J connectivity index is 1.88. The van der Waals surface area contributed by atoms with E-state index in [2.05, 4.69) is 4.40 Å². The van der Waals surface area contributed by atoms with Crippen LogP contribution in [0.5, 0.6) is 0 Å². The van der Waals surface area contributed by atoms with Gasteiger partial charge in [-0.1, -0.05) is 35.4 Å². The number of benzene rings is 2. The minimum Gasteiger partial charge on any atom is -0.340 e. The molecule has 0 bridgehead atoms. The molecule has 30 heavy (non-hydrogen) atoms. The minimum absolute atomic E-state index is 0.0215. The molecule has 1 heterocycles. The maximum absolute atomic E-state index is 13.0. The van der Waals surface area contributed by atoms with Gasteiger partial charge < -0.3 is 4.90 Å². The van der Waals surface area contributed by atoms with Gasteiger partial charge in [0.25, 0.3) is 10.0 Å². The van der Waals surface area contributed by atoms with E-state index >= 15 is 0 Å². The third kappa shape index (κ3) is 4.69. The molecule has 2 aromatic carbocycles. The van der Waals surface area contributed by atoms with Gasteiger partial charge >= 0.3 is 0 Å². The van der Waals surface area contributed by atoms with Crippen LogP contribution in [0.4, 0.5) is 0 Å². The molecule has 1 fully saturated rings. The van der Waals surface area contributed by atoms with Crippen molar-refractivity contribution in [2.24, 2.45) is 4.40 Å². The first kappa shape index (κ1) is 22.7. The van der Waals surface area contributed by atoms with Crippen LogP contribution in [0.3, 0.4) is 0 Å². The molecule has 3 rings (SSSR count). The zero-order chi connectivity index (χ0) is 22.1. The molecule has 1 aliphatic heterocycles. The van der Waals surface area contributed by atoms with Gasteiger partial charge in [-0.25, -0.2) is 8.42 Å². The molecule has 10 heteroatoms. The zero-order valence-corrected chi connectivity index (χ0v) is 19.4. The Labute approximate surface area is 183 Å². The first-order chi connectivity index (χ1) is 14.0. The van der Waals surface area contributed by atoms with Crippen LogP contribution in [0.2, 0.25) is 0 Å². The van der Waals surface area contributed by atoms with Crippen LogP contribution in [0.1, 0.15) is 18.1 Å². The van der Waals surface area contributed by atoms with Crippen molar-refractivity contribution in [2.75, 3.05) is 19.1 Å². The second kappa shape index (κ2) is 8.66. The summed E-state index contributed by atoms with van der Waals surface area (Å²) < 4.78 is 56.6. The van der Waals surface area contributed by atoms with Crippen LogP contribution in [0, 0.1) is 13.8 Å². The van der Waals surface area contributed by atoms with Crippen molar-refractivity contribution in [3.63, 3.8) is 0 Å². The maximum Gasteiger partial charge on any atom is 0.283 e. The van der Waals surface area contributed by atoms with Gasteiger partial charge in [0.2, 0.25) is 10.0 Å². The fraction of sp³-hybridized carbons (Fsp3) is 0.350. The van der Waals surface area contributed by atoms with Crippen LogP contribution in [-0.2, 0) is 20.0 Å². The molecule has 0 amide bonds. The maximum atomic E-state index is 13.0. The summed E-state index contributed by atoms with van der Waals surface area (Å²) in [5.74, 6) is -0.0419. The largest absolute Gasteiger partial charge is 0.340 e. The Morgan fingerprint density at radius 2 is 1.47 bits per heavy atom. The summed E-state index contributed by atoms with van der Waals surface area (Å²) in [6, 6.07) is 12.7. The second-order valence-electron chi connectivity index (χ2n) is 7.34. The molecule has 162 valence electrons. The van der Waals surface area contributed by atoms with Crippen LogP contribution in [0.15, 0.2) is 62.7 Å². The summed E-state index contributed by atoms with van der Waals surface area (Å²) >= 11 is 6.02. The monoisotopic (exact) mass is 469 g/mol. The summed E-state index contributed by atoms with van der Waals surface area (Å²) in [4.78, 5) is 1.87. The van der Waals surface area contributed by atoms with Crippen LogP contribution in [-0.4, -0.2) is 57.0 Å². The van der Waals surface area contributed by atoms with Gasteiger partial charge in [0, 0.05) is 12.6 Å². The lowest BCUT2D eigenvalue weighted by Gasteiger charge is -2.23. The lowest BCUT2D eigenvalue weighted by atomic mass is 10.2. The van der Waals surface area contributed by atoms with Gasteiger partial charge in [0.15, 0.2) is 0 Å². The molecule has 0 spiro atoms. The smallest absolute Gasteiger partial charge is 0.283 e. The highest BCUT2D eigenvalue weighted by atomic mass is 35.5. The van der Waals surface area contributed by atoms with Crippen LogP contribution >= 0.6 is 11.6 Å². The number of hydrogen-bond acceptors (Lipinski definition) is 4. The first-order valence-corrected chi connectivity index (χ1v) is 12.8. The molecular formula is C20H24ClN3O4S2. The van der Waals surface area contributed by atoms with E-state index in [-0.39, 0.29) is 40.8 Å². The number of aryl methyl sites for hydroxylation is 2. The predicted octanol–water partition coefficient (Wildman–Crippen LogP) is 2.98. The second-order valence-corrected chi connectivity index (χ2v) is 11.2. The van der Waals surface area contributed by atoms with E-state index in [1.807, 2.05) is 20.8 Å². The molecule has 0 aromatic heterocycles. The lowest BCUT2D eigenvalue weighted by molar-refractivity contribution is 0.390. The molecule has 7 nitrogen and oxygen atoms in total. The van der Waals surface area contributed by atoms with E-state index < -0.39 is 20.0 Å². The number of halogens is 1. The van der Waals surface area contributed by atoms with E-state index in [0.717, 1.165) is 11.1 Å². The Kier molecular flexibility index (Phi) is 6.57. The number of hydrogen-bond donors (Lipinski definition) is 0. The fourth-order valence-electron chi connectivity index (χ4n) is 3.19. The molecule has 0 saturated carbocycles. The first-order valence-electron chi connectivity index (χ1n) is 9.34. The summed E-state index contributed by atoms with van der Waals surface area (Å²) in [5, 5.41) is 0. The molecule has 2 aromatic rings. The van der Waals surface area contributed by atoms with E-state index in [0.29, 0.717) is 0 Å². The molecule has 0 aliphatic carbocycles. The van der Waals surface area contributed by atoms with Crippen LogP contribution in [0.25, 0.3) is 0 Å². The molecule has 1 saturated heterocycles. The van der Waals surface area contributed by atoms with Crippen molar-refractivity contribution < 1.29 is 16.8 Å². The normalized spacial score (nSPS) is 18.7. The third-order valence-electron chi connectivity index (χ3n) is 4.96. The summed E-state index contributed by atoms with van der Waals surface area (Å²) in [5.41, 5.74) is 1.89. The molecule has 1 aliphatic rings. The number of amidine groups is 1. The van der Waals surface area contributed by atoms with Crippen molar-refractivity contribution >= 4 is 37.5 Å². The summed E-state index contributed by atoms with van der Waals surface area (Å²) in [6.45, 7) is 5.74. The van der Waals surface area contributed by atoms with E-state index in [1.165, 1.54) is 16.4 Å². The minimum atomic E-state index is -3.97. The zero-order valence-electron chi connectivity index (χ0n) is 17.0. The van der Waals surface area contributed by atoms with Crippen LogP contribution < -0.4 is 0 Å². The standard InChI is InChI=1S/C20H24ClN3O4S2/c1-15-4-8-18(9-5-15)29(25,26)22-20(12-21)24-14-23(13-17(24)3)30(27,28)19-10-6-16(2)7-11-19/h4-11,17H,12-14H2,1-3H3. The number of sulfonamides is 2. The van der Waals surface area contributed by atoms with Crippen molar-refractivity contribution in [1.29, 1.82) is 0 Å². The van der Waals surface area contributed by atoms with E-state index in [1.54, 1.807) is 41.3 Å². The quantitative estimate of drug-likeness (QED) is 0.381. The number of alkyl halides is 1. The highest BCUT2D eigenvalue weighted by Gasteiger charge is 2.37. The Hall–Kier alpha value is -1.94. The van der Waals surface area contributed by atoms with Gasteiger partial charge in [-0.15, -0.1) is 16.0 Å². The Morgan fingerprint density at radius 3 is 1.97 bits per heavy atom. The number of rotatable bonds is 5. The average Bonchev–Trinajstić information content (AvgIpc) is 3.09. The molecule has 0 radical (unpaired) electrons. The summed E-state index contributed by atoms with van der Waals surface area (Å²) in [6.07, 6.45) is 0. The molecule has 0 N–H and O–H groups in total. The SMILES string of the molecule is Cc1ccc(S(=O)(=O)N=C(CCl)N2CN(S(=O)(=O)c3ccc(C)cc3)CC2C)cc1. The average molecular weight is 470 g/mol. The highest BCUT2D eigenvalue weighted by Crippen LogP contribution is 2.24. The molecule has 1 unspecified atom stereocenters. The third-order valence-corrected chi connectivity index (χ3v) is 8.33. The Morgan fingerprint density at radius 1 is 0.967 bits per heavy atom. The molecular weight excluding hydrogens is 446 g/mol. The van der Waals surface area contributed by atoms with Gasteiger partial charge in [-0.3, -0.25) is 0 Å². The fourth-order valence-corrected chi connectivity index (χ4v) is 5.97. The molecule has 1 atom stereocenters. The van der Waals surface area contributed by atoms with Crippen molar-refractivity contribution in [3.05, 3.63) is 59.7 Å². The predicted molar refractivity (Wildman–Crippen MR) is 118 cm³/mol. The number of nitrogens with zero attached hydrogens (tertiary/aromatic N) is 3. The highest BCUT2D eigenvalue weighted by molar-refractivity contribution is 7.90. The lowest BCUT2D eigenvalue weighted by Crippen LogP contribution is -2.37. The van der Waals surface area contributed by atoms with Crippen molar-refractivity contribution in [2.45, 2.75) is 36.6 Å². The van der Waals surface area contributed by atoms with Crippen molar-refractivity contribution in [3.8, 4) is 0 Å². The summed E-state index contributed by atoms with van der Waals surface area (Å²) in [7, 11) is -7.68. The van der Waals surface area contributed by atoms with Crippen molar-refractivity contribution in [1.82, 2.24) is 9.21 Å².